The van der Waals surface area contributed by atoms with Gasteiger partial charge in [-0.15, -0.1) is 11.6 Å². The summed E-state index contributed by atoms with van der Waals surface area (Å²) in [5.74, 6) is 0.593. The van der Waals surface area contributed by atoms with E-state index >= 15 is 0 Å². The first-order valence-electron chi connectivity index (χ1n) is 8.88. The zero-order chi connectivity index (χ0) is 19.1. The van der Waals surface area contributed by atoms with Crippen LogP contribution in [-0.2, 0) is 5.88 Å². The predicted molar refractivity (Wildman–Crippen MR) is 109 cm³/mol. The molecule has 1 heterocycles. The summed E-state index contributed by atoms with van der Waals surface area (Å²) in [5, 5.41) is 3.55. The summed E-state index contributed by atoms with van der Waals surface area (Å²) in [4.78, 5) is 0. The first kappa shape index (κ1) is 18.8. The van der Waals surface area contributed by atoms with Crippen molar-refractivity contribution in [2.45, 2.75) is 52.1 Å². The Morgan fingerprint density at radius 2 is 1.85 bits per heavy atom. The van der Waals surface area contributed by atoms with Crippen molar-refractivity contribution in [1.82, 2.24) is 0 Å². The molecule has 2 aromatic carbocycles. The van der Waals surface area contributed by atoms with Crippen LogP contribution < -0.4 is 10.1 Å². The van der Waals surface area contributed by atoms with Crippen molar-refractivity contribution >= 4 is 22.9 Å². The summed E-state index contributed by atoms with van der Waals surface area (Å²) < 4.78 is 19.7. The van der Waals surface area contributed by atoms with Crippen LogP contribution in [0.25, 0.3) is 16.7 Å². The average molecular weight is 374 g/mol. The lowest BCUT2D eigenvalue weighted by Crippen LogP contribution is -2.31. The molecule has 0 fully saturated rings. The zero-order valence-corrected chi connectivity index (χ0v) is 16.7. The molecule has 4 heteroatoms. The van der Waals surface area contributed by atoms with Crippen LogP contribution in [0.15, 0.2) is 36.4 Å². The van der Waals surface area contributed by atoms with Crippen molar-refractivity contribution < 1.29 is 9.13 Å². The minimum absolute atomic E-state index is 0.0447. The van der Waals surface area contributed by atoms with Crippen LogP contribution in [0.1, 0.15) is 45.7 Å². The van der Waals surface area contributed by atoms with E-state index < -0.39 is 0 Å². The number of fused-ring (bicyclic) bond motifs is 1. The smallest absolute Gasteiger partial charge is 0.130 e. The lowest BCUT2D eigenvalue weighted by Gasteiger charge is -2.33. The molecule has 0 radical (unpaired) electrons. The second-order valence-corrected chi connectivity index (χ2v) is 7.90. The molecule has 1 N–H and O–H groups in total. The molecule has 0 atom stereocenters. The number of hydrogen-bond donors (Lipinski definition) is 1. The zero-order valence-electron chi connectivity index (χ0n) is 15.9. The topological polar surface area (TPSA) is 21.3 Å². The number of anilines is 1. The number of nitrogens with one attached hydrogen (secondary N) is 1. The summed E-state index contributed by atoms with van der Waals surface area (Å²) in [7, 11) is 0. The Morgan fingerprint density at radius 3 is 2.50 bits per heavy atom. The molecule has 1 aliphatic rings. The van der Waals surface area contributed by atoms with Crippen LogP contribution in [0.2, 0.25) is 0 Å². The van der Waals surface area contributed by atoms with Crippen molar-refractivity contribution in [2.24, 2.45) is 0 Å². The third kappa shape index (κ3) is 3.59. The van der Waals surface area contributed by atoms with Gasteiger partial charge in [-0.2, -0.15) is 0 Å². The molecule has 0 saturated carbocycles. The molecule has 0 unspecified atom stereocenters. The Bertz CT molecular complexity index is 871. The lowest BCUT2D eigenvalue weighted by atomic mass is 9.85. The first-order chi connectivity index (χ1) is 12.2. The standard InChI is InChI=1S/C22H25ClFNO/c1-13(2)26-20-10-15(24)6-7-17(20)16-8-9-19-21(18(16)12-23)14(3)11-22(4,5)25-19/h6-11,13,25H,12H2,1-5H3. The van der Waals surface area contributed by atoms with E-state index in [4.69, 9.17) is 16.3 Å². The van der Waals surface area contributed by atoms with E-state index in [-0.39, 0.29) is 17.5 Å². The summed E-state index contributed by atoms with van der Waals surface area (Å²) in [6.07, 6.45) is 2.17. The van der Waals surface area contributed by atoms with Crippen LogP contribution >= 0.6 is 11.6 Å². The lowest BCUT2D eigenvalue weighted by molar-refractivity contribution is 0.242. The van der Waals surface area contributed by atoms with Gasteiger partial charge in [-0.3, -0.25) is 0 Å². The molecule has 2 nitrogen and oxygen atoms in total. The SMILES string of the molecule is CC1=CC(C)(C)Nc2ccc(-c3ccc(F)cc3OC(C)C)c(CCl)c21. The van der Waals surface area contributed by atoms with Gasteiger partial charge in [-0.25, -0.2) is 4.39 Å². The van der Waals surface area contributed by atoms with Crippen LogP contribution in [-0.4, -0.2) is 11.6 Å². The van der Waals surface area contributed by atoms with Crippen molar-refractivity contribution in [3.8, 4) is 16.9 Å². The van der Waals surface area contributed by atoms with E-state index in [1.54, 1.807) is 6.07 Å². The number of ether oxygens (including phenoxy) is 1. The molecule has 26 heavy (non-hydrogen) atoms. The summed E-state index contributed by atoms with van der Waals surface area (Å²) in [5.41, 5.74) is 6.14. The molecule has 0 spiro atoms. The minimum Gasteiger partial charge on any atom is -0.490 e. The van der Waals surface area contributed by atoms with E-state index in [2.05, 4.69) is 38.2 Å². The fraction of sp³-hybridized carbons (Fsp3) is 0.364. The Hall–Kier alpha value is -2.00. The van der Waals surface area contributed by atoms with Gasteiger partial charge in [0.25, 0.3) is 0 Å². The number of halogens is 2. The second-order valence-electron chi connectivity index (χ2n) is 7.63. The van der Waals surface area contributed by atoms with Crippen molar-refractivity contribution in [3.05, 3.63) is 53.4 Å². The maximum atomic E-state index is 13.8. The molecule has 2 aromatic rings. The summed E-state index contributed by atoms with van der Waals surface area (Å²) in [6, 6.07) is 8.78. The minimum atomic E-state index is -0.311. The Balaban J connectivity index is 2.21. The highest BCUT2D eigenvalue weighted by atomic mass is 35.5. The monoisotopic (exact) mass is 373 g/mol. The van der Waals surface area contributed by atoms with E-state index in [0.717, 1.165) is 27.9 Å². The van der Waals surface area contributed by atoms with Crippen molar-refractivity contribution in [1.29, 1.82) is 0 Å². The van der Waals surface area contributed by atoms with Gasteiger partial charge < -0.3 is 10.1 Å². The van der Waals surface area contributed by atoms with Crippen LogP contribution in [0.4, 0.5) is 10.1 Å². The maximum Gasteiger partial charge on any atom is 0.130 e. The molecule has 138 valence electrons. The number of allylic oxidation sites excluding steroid dienone is 1. The van der Waals surface area contributed by atoms with Crippen LogP contribution in [0, 0.1) is 5.82 Å². The maximum absolute atomic E-state index is 13.8. The van der Waals surface area contributed by atoms with Crippen LogP contribution in [0.3, 0.4) is 0 Å². The second kappa shape index (κ2) is 6.96. The molecule has 0 amide bonds. The van der Waals surface area contributed by atoms with Crippen molar-refractivity contribution in [3.63, 3.8) is 0 Å². The third-order valence-electron chi connectivity index (χ3n) is 4.47. The molecular weight excluding hydrogens is 349 g/mol. The molecule has 3 rings (SSSR count). The van der Waals surface area contributed by atoms with Gasteiger partial charge in [-0.1, -0.05) is 12.1 Å². The Morgan fingerprint density at radius 1 is 1.15 bits per heavy atom. The summed E-state index contributed by atoms with van der Waals surface area (Å²) >= 11 is 6.37. The Labute approximate surface area is 160 Å². The Kier molecular flexibility index (Phi) is 5.03. The van der Waals surface area contributed by atoms with E-state index in [9.17, 15) is 4.39 Å². The van der Waals surface area contributed by atoms with Gasteiger partial charge >= 0.3 is 0 Å². The highest BCUT2D eigenvalue weighted by molar-refractivity contribution is 6.18. The van der Waals surface area contributed by atoms with E-state index in [1.807, 2.05) is 19.9 Å². The van der Waals surface area contributed by atoms with Gasteiger partial charge in [0.2, 0.25) is 0 Å². The fourth-order valence-electron chi connectivity index (χ4n) is 3.66. The van der Waals surface area contributed by atoms with Gasteiger partial charge in [0.15, 0.2) is 0 Å². The van der Waals surface area contributed by atoms with E-state index in [1.165, 1.54) is 17.7 Å². The van der Waals surface area contributed by atoms with Gasteiger partial charge in [-0.05, 0) is 69.5 Å². The molecular formula is C22H25ClFNO. The predicted octanol–water partition coefficient (Wildman–Crippen LogP) is 6.63. The third-order valence-corrected chi connectivity index (χ3v) is 4.74. The molecule has 0 saturated heterocycles. The first-order valence-corrected chi connectivity index (χ1v) is 9.41. The van der Waals surface area contributed by atoms with E-state index in [0.29, 0.717) is 11.6 Å². The molecule has 0 aliphatic carbocycles. The highest BCUT2D eigenvalue weighted by Gasteiger charge is 2.26. The average Bonchev–Trinajstić information content (AvgIpc) is 2.52. The van der Waals surface area contributed by atoms with Gasteiger partial charge in [0.05, 0.1) is 11.6 Å². The van der Waals surface area contributed by atoms with Gasteiger partial charge in [0.1, 0.15) is 11.6 Å². The number of alkyl halides is 1. The number of rotatable bonds is 4. The quantitative estimate of drug-likeness (QED) is 0.607. The van der Waals surface area contributed by atoms with Gasteiger partial charge in [0, 0.05) is 28.8 Å². The molecule has 0 bridgehead atoms. The number of benzene rings is 2. The summed E-state index contributed by atoms with van der Waals surface area (Å²) in [6.45, 7) is 10.3. The molecule has 1 aliphatic heterocycles. The van der Waals surface area contributed by atoms with Crippen molar-refractivity contribution in [2.75, 3.05) is 5.32 Å². The van der Waals surface area contributed by atoms with Crippen LogP contribution in [0.5, 0.6) is 5.75 Å². The number of hydrogen-bond acceptors (Lipinski definition) is 2. The highest BCUT2D eigenvalue weighted by Crippen LogP contribution is 2.43. The molecule has 0 aromatic heterocycles. The normalized spacial score (nSPS) is 15.3. The largest absolute Gasteiger partial charge is 0.490 e. The fourth-order valence-corrected chi connectivity index (χ4v) is 3.94.